The van der Waals surface area contributed by atoms with Crippen molar-refractivity contribution < 1.29 is 9.47 Å². The van der Waals surface area contributed by atoms with Crippen LogP contribution in [0.25, 0.3) is 33.5 Å². The number of nitriles is 1. The summed E-state index contributed by atoms with van der Waals surface area (Å²) in [6.45, 7) is 1.95. The van der Waals surface area contributed by atoms with E-state index in [-0.39, 0.29) is 16.6 Å². The first-order valence-corrected chi connectivity index (χ1v) is 9.67. The third-order valence-corrected chi connectivity index (χ3v) is 5.22. The molecule has 0 spiro atoms. The van der Waals surface area contributed by atoms with Crippen LogP contribution in [0.15, 0.2) is 41.2 Å². The Kier molecular flexibility index (Phi) is 5.32. The van der Waals surface area contributed by atoms with Gasteiger partial charge in [-0.15, -0.1) is 0 Å². The molecule has 154 valence electrons. The number of fused-ring (bicyclic) bond motifs is 2. The smallest absolute Gasteiger partial charge is 0.259 e. The topological polar surface area (TPSA) is 101 Å². The molecule has 0 saturated heterocycles. The SMILES string of the molecule is COc1cc2nc(C(C#N)=Cc3cc4cccc(C)c4nc3Cl)[nH]c(=O)c2cc1OC. The lowest BCUT2D eigenvalue weighted by molar-refractivity contribution is 0.355. The number of halogens is 1. The van der Waals surface area contributed by atoms with Crippen LogP contribution in [0.1, 0.15) is 17.0 Å². The van der Waals surface area contributed by atoms with Crippen LogP contribution >= 0.6 is 11.6 Å². The van der Waals surface area contributed by atoms with Crippen LogP contribution in [0.2, 0.25) is 5.15 Å². The van der Waals surface area contributed by atoms with Crippen LogP contribution in [0.4, 0.5) is 0 Å². The first-order valence-electron chi connectivity index (χ1n) is 9.29. The molecule has 31 heavy (non-hydrogen) atoms. The Hall–Kier alpha value is -3.89. The molecule has 2 aromatic heterocycles. The number of aromatic amines is 1. The number of aromatic nitrogens is 3. The lowest BCUT2D eigenvalue weighted by Crippen LogP contribution is -2.11. The number of nitrogens with one attached hydrogen (secondary N) is 1. The van der Waals surface area contributed by atoms with E-state index in [9.17, 15) is 10.1 Å². The number of ether oxygens (including phenoxy) is 2. The highest BCUT2D eigenvalue weighted by atomic mass is 35.5. The molecule has 8 heteroatoms. The summed E-state index contributed by atoms with van der Waals surface area (Å²) in [6, 6.07) is 12.9. The number of benzene rings is 2. The number of H-pyrrole nitrogens is 1. The number of hydrogen-bond acceptors (Lipinski definition) is 6. The maximum Gasteiger partial charge on any atom is 0.259 e. The summed E-state index contributed by atoms with van der Waals surface area (Å²) >= 11 is 6.38. The predicted molar refractivity (Wildman–Crippen MR) is 120 cm³/mol. The third kappa shape index (κ3) is 3.69. The van der Waals surface area contributed by atoms with Crippen molar-refractivity contribution in [2.75, 3.05) is 14.2 Å². The number of hydrogen-bond donors (Lipinski definition) is 1. The number of aryl methyl sites for hydroxylation is 1. The van der Waals surface area contributed by atoms with E-state index in [2.05, 4.69) is 21.0 Å². The summed E-state index contributed by atoms with van der Waals surface area (Å²) in [5, 5.41) is 11.2. The largest absolute Gasteiger partial charge is 0.493 e. The number of nitrogens with zero attached hydrogens (tertiary/aromatic N) is 3. The molecule has 0 aliphatic heterocycles. The van der Waals surface area contributed by atoms with Gasteiger partial charge in [-0.25, -0.2) is 9.97 Å². The second-order valence-corrected chi connectivity index (χ2v) is 7.18. The van der Waals surface area contributed by atoms with Gasteiger partial charge in [0.1, 0.15) is 11.2 Å². The Labute approximate surface area is 182 Å². The number of allylic oxidation sites excluding steroid dienone is 1. The molecule has 0 atom stereocenters. The van der Waals surface area contributed by atoms with Crippen LogP contribution in [-0.4, -0.2) is 29.2 Å². The normalized spacial score (nSPS) is 11.5. The summed E-state index contributed by atoms with van der Waals surface area (Å²) < 4.78 is 10.5. The molecule has 0 bridgehead atoms. The van der Waals surface area contributed by atoms with E-state index in [1.54, 1.807) is 18.2 Å². The van der Waals surface area contributed by atoms with E-state index in [4.69, 9.17) is 21.1 Å². The third-order valence-electron chi connectivity index (χ3n) is 4.91. The molecule has 0 unspecified atom stereocenters. The molecule has 0 amide bonds. The molecule has 0 fully saturated rings. The average Bonchev–Trinajstić information content (AvgIpc) is 2.77. The molecular weight excluding hydrogens is 416 g/mol. The Balaban J connectivity index is 1.89. The molecule has 4 rings (SSSR count). The van der Waals surface area contributed by atoms with Gasteiger partial charge >= 0.3 is 0 Å². The number of methoxy groups -OCH3 is 2. The Morgan fingerprint density at radius 1 is 1.16 bits per heavy atom. The summed E-state index contributed by atoms with van der Waals surface area (Å²) in [5.74, 6) is 0.960. The minimum absolute atomic E-state index is 0.118. The maximum atomic E-state index is 12.7. The summed E-state index contributed by atoms with van der Waals surface area (Å²) in [4.78, 5) is 24.2. The van der Waals surface area contributed by atoms with Crippen LogP contribution in [0.3, 0.4) is 0 Å². The summed E-state index contributed by atoms with van der Waals surface area (Å²) in [6.07, 6.45) is 1.56. The van der Waals surface area contributed by atoms with E-state index < -0.39 is 5.56 Å². The number of para-hydroxylation sites is 1. The standard InChI is InChI=1S/C23H17ClN4O3/c1-12-5-4-6-13-7-14(21(24)27-20(12)13)8-15(11-25)22-26-17-10-19(31-3)18(30-2)9-16(17)23(29)28-22/h4-10H,1-3H3,(H,26,28,29). The van der Waals surface area contributed by atoms with Crippen LogP contribution < -0.4 is 15.0 Å². The second-order valence-electron chi connectivity index (χ2n) is 6.82. The van der Waals surface area contributed by atoms with Gasteiger partial charge in [-0.3, -0.25) is 4.79 Å². The van der Waals surface area contributed by atoms with Gasteiger partial charge in [0.25, 0.3) is 5.56 Å². The molecule has 0 aliphatic carbocycles. The van der Waals surface area contributed by atoms with Gasteiger partial charge < -0.3 is 14.5 Å². The van der Waals surface area contributed by atoms with Crippen molar-refractivity contribution in [2.24, 2.45) is 0 Å². The zero-order chi connectivity index (χ0) is 22.1. The molecule has 4 aromatic rings. The number of pyridine rings is 1. The Morgan fingerprint density at radius 3 is 2.61 bits per heavy atom. The predicted octanol–water partition coefficient (Wildman–Crippen LogP) is 4.51. The van der Waals surface area contributed by atoms with Gasteiger partial charge in [-0.1, -0.05) is 29.8 Å². The molecule has 2 heterocycles. The van der Waals surface area contributed by atoms with E-state index in [0.717, 1.165) is 16.5 Å². The Morgan fingerprint density at radius 2 is 1.90 bits per heavy atom. The van der Waals surface area contributed by atoms with Crippen molar-refractivity contribution in [2.45, 2.75) is 6.92 Å². The zero-order valence-corrected chi connectivity index (χ0v) is 17.7. The highest BCUT2D eigenvalue weighted by Crippen LogP contribution is 2.31. The molecule has 0 saturated carbocycles. The first-order chi connectivity index (χ1) is 14.9. The lowest BCUT2D eigenvalue weighted by atomic mass is 10.1. The Bertz CT molecular complexity index is 1470. The van der Waals surface area contributed by atoms with E-state index in [0.29, 0.717) is 28.0 Å². The van der Waals surface area contributed by atoms with E-state index in [1.165, 1.54) is 14.2 Å². The molecule has 2 aromatic carbocycles. The molecule has 0 aliphatic rings. The monoisotopic (exact) mass is 432 g/mol. The maximum absolute atomic E-state index is 12.7. The fourth-order valence-electron chi connectivity index (χ4n) is 3.34. The van der Waals surface area contributed by atoms with E-state index >= 15 is 0 Å². The zero-order valence-electron chi connectivity index (χ0n) is 17.0. The van der Waals surface area contributed by atoms with Crippen molar-refractivity contribution >= 4 is 45.1 Å². The highest BCUT2D eigenvalue weighted by molar-refractivity contribution is 6.31. The van der Waals surface area contributed by atoms with Gasteiger partial charge in [0.15, 0.2) is 17.3 Å². The minimum atomic E-state index is -0.402. The minimum Gasteiger partial charge on any atom is -0.493 e. The summed E-state index contributed by atoms with van der Waals surface area (Å²) in [5.41, 5.74) is 2.45. The molecule has 7 nitrogen and oxygen atoms in total. The van der Waals surface area contributed by atoms with Crippen molar-refractivity contribution in [3.05, 3.63) is 68.9 Å². The van der Waals surface area contributed by atoms with Crippen LogP contribution in [-0.2, 0) is 0 Å². The highest BCUT2D eigenvalue weighted by Gasteiger charge is 2.14. The quantitative estimate of drug-likeness (QED) is 0.376. The molecule has 1 N–H and O–H groups in total. The van der Waals surface area contributed by atoms with Crippen LogP contribution in [0, 0.1) is 18.3 Å². The first kappa shape index (κ1) is 20.4. The van der Waals surface area contributed by atoms with Gasteiger partial charge in [-0.05, 0) is 30.7 Å². The molecular formula is C23H17ClN4O3. The van der Waals surface area contributed by atoms with E-state index in [1.807, 2.05) is 31.2 Å². The second kappa shape index (κ2) is 8.09. The van der Waals surface area contributed by atoms with Crippen molar-refractivity contribution in [3.8, 4) is 17.6 Å². The van der Waals surface area contributed by atoms with Crippen molar-refractivity contribution in [1.82, 2.24) is 15.0 Å². The fraction of sp³-hybridized carbons (Fsp3) is 0.130. The lowest BCUT2D eigenvalue weighted by Gasteiger charge is -2.09. The number of rotatable bonds is 4. The van der Waals surface area contributed by atoms with Gasteiger partial charge in [-0.2, -0.15) is 5.26 Å². The summed E-state index contributed by atoms with van der Waals surface area (Å²) in [7, 11) is 2.98. The molecule has 0 radical (unpaired) electrons. The van der Waals surface area contributed by atoms with Crippen molar-refractivity contribution in [3.63, 3.8) is 0 Å². The van der Waals surface area contributed by atoms with Gasteiger partial charge in [0.2, 0.25) is 0 Å². The van der Waals surface area contributed by atoms with Gasteiger partial charge in [0, 0.05) is 17.0 Å². The fourth-order valence-corrected chi connectivity index (χ4v) is 3.54. The van der Waals surface area contributed by atoms with Crippen LogP contribution in [0.5, 0.6) is 11.5 Å². The average molecular weight is 433 g/mol. The van der Waals surface area contributed by atoms with Gasteiger partial charge in [0.05, 0.1) is 36.2 Å². The van der Waals surface area contributed by atoms with Crippen molar-refractivity contribution in [1.29, 1.82) is 5.26 Å².